The molecule has 0 spiro atoms. The lowest BCUT2D eigenvalue weighted by Crippen LogP contribution is -2.53. The number of benzene rings is 3. The lowest BCUT2D eigenvalue weighted by Gasteiger charge is -2.33. The molecule has 1 aliphatic carbocycles. The smallest absolute Gasteiger partial charge is 0.264 e. The molecule has 0 bridgehead atoms. The van der Waals surface area contributed by atoms with Crippen LogP contribution in [-0.2, 0) is 26.2 Å². The molecule has 1 fully saturated rings. The summed E-state index contributed by atoms with van der Waals surface area (Å²) in [4.78, 5) is 29.1. The largest absolute Gasteiger partial charge is 0.494 e. The van der Waals surface area contributed by atoms with E-state index >= 15 is 0 Å². The summed E-state index contributed by atoms with van der Waals surface area (Å²) in [7, 11) is -4.27. The van der Waals surface area contributed by atoms with Crippen LogP contribution in [0.1, 0.15) is 57.1 Å². The van der Waals surface area contributed by atoms with Crippen LogP contribution in [0.15, 0.2) is 77.7 Å². The van der Waals surface area contributed by atoms with Gasteiger partial charge in [0.15, 0.2) is 0 Å². The molecule has 0 aromatic heterocycles. The third-order valence-corrected chi connectivity index (χ3v) is 9.47. The number of ether oxygens (including phenoxy) is 1. The van der Waals surface area contributed by atoms with Gasteiger partial charge in [0.05, 0.1) is 17.2 Å². The van der Waals surface area contributed by atoms with Crippen molar-refractivity contribution in [1.29, 1.82) is 0 Å². The van der Waals surface area contributed by atoms with Crippen molar-refractivity contribution in [2.75, 3.05) is 17.5 Å². The van der Waals surface area contributed by atoms with Crippen molar-refractivity contribution in [3.63, 3.8) is 0 Å². The Bertz CT molecular complexity index is 1470. The molecule has 43 heavy (non-hydrogen) atoms. The van der Waals surface area contributed by atoms with Crippen LogP contribution in [0.3, 0.4) is 0 Å². The molecular formula is C33H40FN3O5S. The summed E-state index contributed by atoms with van der Waals surface area (Å²) in [6.07, 6.45) is 4.23. The number of rotatable bonds is 13. The van der Waals surface area contributed by atoms with Gasteiger partial charge in [0.25, 0.3) is 10.0 Å². The third-order valence-electron chi connectivity index (χ3n) is 7.68. The summed E-state index contributed by atoms with van der Waals surface area (Å²) >= 11 is 0. The molecule has 0 radical (unpaired) electrons. The van der Waals surface area contributed by atoms with Crippen molar-refractivity contribution in [3.05, 3.63) is 89.7 Å². The molecule has 8 nitrogen and oxygen atoms in total. The van der Waals surface area contributed by atoms with E-state index in [-0.39, 0.29) is 29.1 Å². The van der Waals surface area contributed by atoms with E-state index in [1.54, 1.807) is 12.1 Å². The molecule has 1 N–H and O–H groups in total. The number of amides is 2. The predicted molar refractivity (Wildman–Crippen MR) is 165 cm³/mol. The molecule has 0 unspecified atom stereocenters. The summed E-state index contributed by atoms with van der Waals surface area (Å²) in [5, 5.41) is 3.10. The van der Waals surface area contributed by atoms with Gasteiger partial charge in [-0.05, 0) is 87.2 Å². The highest BCUT2D eigenvalue weighted by Crippen LogP contribution is 2.27. The number of aryl methyl sites for hydroxylation is 1. The topological polar surface area (TPSA) is 96.0 Å². The Labute approximate surface area is 253 Å². The highest BCUT2D eigenvalue weighted by molar-refractivity contribution is 7.92. The zero-order chi connectivity index (χ0) is 31.0. The Morgan fingerprint density at radius 2 is 1.58 bits per heavy atom. The van der Waals surface area contributed by atoms with Crippen LogP contribution in [-0.4, -0.2) is 50.4 Å². The fraction of sp³-hybridized carbons (Fsp3) is 0.394. The Hall–Kier alpha value is -3.92. The SMILES string of the molecule is CCOc1ccc(S(=O)(=O)N(CC(=O)N(Cc2ccc(C)cc2)[C@H](CC)C(=O)NC2CCCC2)c2ccc(F)cc2)cc1. The molecular weight excluding hydrogens is 569 g/mol. The van der Waals surface area contributed by atoms with E-state index in [2.05, 4.69) is 5.32 Å². The number of carbonyl (C=O) groups excluding carboxylic acids is 2. The van der Waals surface area contributed by atoms with Gasteiger partial charge in [0, 0.05) is 12.6 Å². The standard InChI is InChI=1S/C33H40FN3O5S/c1-4-31(33(39)35-27-8-6-7-9-27)36(22-25-12-10-24(3)11-13-25)32(38)23-37(28-16-14-26(34)15-17-28)43(40,41)30-20-18-29(19-21-30)42-5-2/h10-21,27,31H,4-9,22-23H2,1-3H3,(H,35,39)/t31-/m1/s1. The van der Waals surface area contributed by atoms with Crippen molar-refractivity contribution < 1.29 is 27.1 Å². The van der Waals surface area contributed by atoms with Crippen LogP contribution in [0, 0.1) is 12.7 Å². The number of nitrogens with one attached hydrogen (secondary N) is 1. The number of hydrogen-bond acceptors (Lipinski definition) is 5. The maximum Gasteiger partial charge on any atom is 0.264 e. The molecule has 230 valence electrons. The van der Waals surface area contributed by atoms with Crippen LogP contribution < -0.4 is 14.4 Å². The molecule has 0 heterocycles. The summed E-state index contributed by atoms with van der Waals surface area (Å²) in [5.74, 6) is -0.830. The second-order valence-electron chi connectivity index (χ2n) is 10.8. The first kappa shape index (κ1) is 32.0. The van der Waals surface area contributed by atoms with Gasteiger partial charge in [0.1, 0.15) is 24.2 Å². The number of halogens is 1. The zero-order valence-corrected chi connectivity index (χ0v) is 25.8. The monoisotopic (exact) mass is 609 g/mol. The number of nitrogens with zero attached hydrogens (tertiary/aromatic N) is 2. The Morgan fingerprint density at radius 1 is 0.953 bits per heavy atom. The van der Waals surface area contributed by atoms with Gasteiger partial charge in [-0.2, -0.15) is 0 Å². The molecule has 1 atom stereocenters. The second-order valence-corrected chi connectivity index (χ2v) is 12.7. The van der Waals surface area contributed by atoms with Gasteiger partial charge in [-0.25, -0.2) is 12.8 Å². The first-order valence-electron chi connectivity index (χ1n) is 14.8. The summed E-state index contributed by atoms with van der Waals surface area (Å²) in [5.41, 5.74) is 1.99. The van der Waals surface area contributed by atoms with Crippen LogP contribution in [0.2, 0.25) is 0 Å². The molecule has 2 amide bonds. The molecule has 1 saturated carbocycles. The third kappa shape index (κ3) is 8.13. The first-order chi connectivity index (χ1) is 20.6. The van der Waals surface area contributed by atoms with E-state index in [1.807, 2.05) is 45.0 Å². The van der Waals surface area contributed by atoms with Crippen molar-refractivity contribution in [1.82, 2.24) is 10.2 Å². The molecule has 10 heteroatoms. The lowest BCUT2D eigenvalue weighted by molar-refractivity contribution is -0.140. The fourth-order valence-electron chi connectivity index (χ4n) is 5.32. The van der Waals surface area contributed by atoms with Gasteiger partial charge < -0.3 is 15.0 Å². The maximum atomic E-state index is 14.2. The highest BCUT2D eigenvalue weighted by atomic mass is 32.2. The lowest BCUT2D eigenvalue weighted by atomic mass is 10.1. The average molecular weight is 610 g/mol. The van der Waals surface area contributed by atoms with E-state index < -0.39 is 34.3 Å². The van der Waals surface area contributed by atoms with Crippen molar-refractivity contribution in [2.24, 2.45) is 0 Å². The van der Waals surface area contributed by atoms with Crippen LogP contribution >= 0.6 is 0 Å². The summed E-state index contributed by atoms with van der Waals surface area (Å²) in [6.45, 7) is 5.58. The minimum Gasteiger partial charge on any atom is -0.494 e. The minimum atomic E-state index is -4.27. The van der Waals surface area contributed by atoms with Gasteiger partial charge in [-0.15, -0.1) is 0 Å². The number of hydrogen-bond donors (Lipinski definition) is 1. The Morgan fingerprint density at radius 3 is 2.16 bits per heavy atom. The second kappa shape index (κ2) is 14.5. The van der Waals surface area contributed by atoms with Gasteiger partial charge in [-0.3, -0.25) is 13.9 Å². The maximum absolute atomic E-state index is 14.2. The number of anilines is 1. The number of sulfonamides is 1. The zero-order valence-electron chi connectivity index (χ0n) is 25.0. The van der Waals surface area contributed by atoms with Crippen molar-refractivity contribution >= 4 is 27.5 Å². The van der Waals surface area contributed by atoms with Gasteiger partial charge >= 0.3 is 0 Å². The fourth-order valence-corrected chi connectivity index (χ4v) is 6.73. The highest BCUT2D eigenvalue weighted by Gasteiger charge is 2.34. The van der Waals surface area contributed by atoms with E-state index in [9.17, 15) is 22.4 Å². The molecule has 0 aliphatic heterocycles. The average Bonchev–Trinajstić information content (AvgIpc) is 3.50. The molecule has 0 saturated heterocycles. The minimum absolute atomic E-state index is 0.0517. The van der Waals surface area contributed by atoms with E-state index in [0.717, 1.165) is 53.2 Å². The van der Waals surface area contributed by atoms with E-state index in [4.69, 9.17) is 4.74 Å². The van der Waals surface area contributed by atoms with Crippen LogP contribution in [0.4, 0.5) is 10.1 Å². The Kier molecular flexibility index (Phi) is 10.8. The molecule has 4 rings (SSSR count). The molecule has 3 aromatic carbocycles. The quantitative estimate of drug-likeness (QED) is 0.273. The van der Waals surface area contributed by atoms with Crippen LogP contribution in [0.5, 0.6) is 5.75 Å². The summed E-state index contributed by atoms with van der Waals surface area (Å²) in [6, 6.07) is 17.8. The van der Waals surface area contributed by atoms with Gasteiger partial charge in [-0.1, -0.05) is 49.6 Å². The van der Waals surface area contributed by atoms with Gasteiger partial charge in [0.2, 0.25) is 11.8 Å². The Balaban J connectivity index is 1.70. The molecule has 1 aliphatic rings. The van der Waals surface area contributed by atoms with E-state index in [1.165, 1.54) is 29.2 Å². The van der Waals surface area contributed by atoms with Crippen LogP contribution in [0.25, 0.3) is 0 Å². The first-order valence-corrected chi connectivity index (χ1v) is 16.2. The normalized spacial score (nSPS) is 14.2. The summed E-state index contributed by atoms with van der Waals surface area (Å²) < 4.78 is 48.2. The molecule has 3 aromatic rings. The van der Waals surface area contributed by atoms with Crippen molar-refractivity contribution in [3.8, 4) is 5.75 Å². The van der Waals surface area contributed by atoms with Crippen molar-refractivity contribution in [2.45, 2.75) is 76.4 Å². The van der Waals surface area contributed by atoms with E-state index in [0.29, 0.717) is 18.8 Å². The number of carbonyl (C=O) groups is 2. The predicted octanol–water partition coefficient (Wildman–Crippen LogP) is 5.59.